The molecule has 1 N–H and O–H groups in total. The fourth-order valence-electron chi connectivity index (χ4n) is 1.83. The van der Waals surface area contributed by atoms with Gasteiger partial charge in [-0.15, -0.1) is 0 Å². The first-order valence-corrected chi connectivity index (χ1v) is 7.11. The highest BCUT2D eigenvalue weighted by Crippen LogP contribution is 2.26. The van der Waals surface area contributed by atoms with Crippen molar-refractivity contribution >= 4 is 21.7 Å². The zero-order chi connectivity index (χ0) is 14.0. The third-order valence-electron chi connectivity index (χ3n) is 3.17. The van der Waals surface area contributed by atoms with Gasteiger partial charge in [0.05, 0.1) is 0 Å². The first kappa shape index (κ1) is 14.1. The number of nitrogens with zero attached hydrogens (tertiary/aromatic N) is 1. The molecule has 2 rings (SSSR count). The first-order chi connectivity index (χ1) is 8.88. The molecule has 3 nitrogen and oxygen atoms in total. The van der Waals surface area contributed by atoms with Crippen molar-refractivity contribution in [2.45, 2.75) is 33.1 Å². The van der Waals surface area contributed by atoms with E-state index in [2.05, 4.69) is 47.0 Å². The summed E-state index contributed by atoms with van der Waals surface area (Å²) in [6.45, 7) is 9.10. The predicted molar refractivity (Wildman–Crippen MR) is 81.6 cm³/mol. The lowest BCUT2D eigenvalue weighted by atomic mass is 9.90. The Balaban J connectivity index is 2.07. The number of aromatic nitrogens is 1. The van der Waals surface area contributed by atoms with E-state index in [1.54, 1.807) is 0 Å². The number of hydrogen-bond acceptors (Lipinski definition) is 3. The highest BCUT2D eigenvalue weighted by molar-refractivity contribution is 9.10. The fraction of sp³-hybridized carbons (Fsp3) is 0.400. The third-order valence-corrected chi connectivity index (χ3v) is 4.00. The van der Waals surface area contributed by atoms with Gasteiger partial charge in [0.2, 0.25) is 0 Å². The molecule has 0 radical (unpaired) electrons. The Labute approximate surface area is 122 Å². The lowest BCUT2D eigenvalue weighted by Crippen LogP contribution is -2.27. The summed E-state index contributed by atoms with van der Waals surface area (Å²) in [5.74, 6) is 2.82. The van der Waals surface area contributed by atoms with E-state index in [-0.39, 0.29) is 5.41 Å². The molecule has 0 aromatic carbocycles. The number of pyridine rings is 1. The molecule has 0 bridgehead atoms. The minimum atomic E-state index is -0.0725. The van der Waals surface area contributed by atoms with Crippen LogP contribution in [0.15, 0.2) is 33.3 Å². The summed E-state index contributed by atoms with van der Waals surface area (Å²) in [7, 11) is 0. The smallest absolute Gasteiger partial charge is 0.126 e. The maximum absolute atomic E-state index is 5.71. The van der Waals surface area contributed by atoms with Gasteiger partial charge in [-0.25, -0.2) is 4.98 Å². The van der Waals surface area contributed by atoms with E-state index in [1.807, 2.05) is 31.3 Å². The number of nitrogens with one attached hydrogen (secondary N) is 1. The zero-order valence-electron chi connectivity index (χ0n) is 11.7. The molecule has 102 valence electrons. The largest absolute Gasteiger partial charge is 0.466 e. The van der Waals surface area contributed by atoms with Gasteiger partial charge in [0.25, 0.3) is 0 Å². The first-order valence-electron chi connectivity index (χ1n) is 6.31. The van der Waals surface area contributed by atoms with Crippen molar-refractivity contribution in [1.29, 1.82) is 0 Å². The Bertz CT molecular complexity index is 575. The van der Waals surface area contributed by atoms with Crippen molar-refractivity contribution in [1.82, 2.24) is 4.98 Å². The molecule has 4 heteroatoms. The quantitative estimate of drug-likeness (QED) is 0.904. The zero-order valence-corrected chi connectivity index (χ0v) is 13.3. The highest BCUT2D eigenvalue weighted by Gasteiger charge is 2.24. The van der Waals surface area contributed by atoms with Crippen LogP contribution < -0.4 is 5.32 Å². The van der Waals surface area contributed by atoms with Gasteiger partial charge in [-0.3, -0.25) is 0 Å². The van der Waals surface area contributed by atoms with Gasteiger partial charge in [0.15, 0.2) is 0 Å². The second-order valence-electron chi connectivity index (χ2n) is 5.47. The van der Waals surface area contributed by atoms with Crippen LogP contribution in [-0.4, -0.2) is 11.5 Å². The molecule has 0 atom stereocenters. The predicted octanol–water partition coefficient (Wildman–Crippen LogP) is 4.44. The van der Waals surface area contributed by atoms with Crippen LogP contribution in [-0.2, 0) is 5.41 Å². The van der Waals surface area contributed by atoms with Gasteiger partial charge in [-0.1, -0.05) is 13.8 Å². The maximum atomic E-state index is 5.71. The number of aryl methyl sites for hydroxylation is 2. The minimum Gasteiger partial charge on any atom is -0.466 e. The Hall–Kier alpha value is -1.29. The van der Waals surface area contributed by atoms with E-state index >= 15 is 0 Å². The van der Waals surface area contributed by atoms with Crippen LogP contribution >= 0.6 is 15.9 Å². The molecule has 2 aromatic rings. The second-order valence-corrected chi connectivity index (χ2v) is 6.32. The van der Waals surface area contributed by atoms with Crippen molar-refractivity contribution in [3.8, 4) is 0 Å². The Morgan fingerprint density at radius 2 is 2.05 bits per heavy atom. The lowest BCUT2D eigenvalue weighted by Gasteiger charge is -2.23. The molecular weight excluding hydrogens is 304 g/mol. The van der Waals surface area contributed by atoms with E-state index < -0.39 is 0 Å². The summed E-state index contributed by atoms with van der Waals surface area (Å²) >= 11 is 3.45. The normalized spacial score (nSPS) is 11.6. The summed E-state index contributed by atoms with van der Waals surface area (Å²) in [5, 5.41) is 3.37. The molecule has 0 aliphatic rings. The Kier molecular flexibility index (Phi) is 3.99. The molecule has 0 unspecified atom stereocenters. The minimum absolute atomic E-state index is 0.0725. The molecular formula is C15H19BrN2O. The summed E-state index contributed by atoms with van der Waals surface area (Å²) in [6, 6.07) is 6.07. The average molecular weight is 323 g/mol. The van der Waals surface area contributed by atoms with Crippen LogP contribution in [0, 0.1) is 13.8 Å². The summed E-state index contributed by atoms with van der Waals surface area (Å²) in [6.07, 6.45) is 1.82. The average Bonchev–Trinajstić information content (AvgIpc) is 2.78. The topological polar surface area (TPSA) is 38.1 Å². The van der Waals surface area contributed by atoms with E-state index in [9.17, 15) is 0 Å². The molecule has 0 amide bonds. The lowest BCUT2D eigenvalue weighted by molar-refractivity contribution is 0.385. The molecule has 0 saturated carbocycles. The van der Waals surface area contributed by atoms with Crippen LogP contribution in [0.2, 0.25) is 0 Å². The van der Waals surface area contributed by atoms with Crippen LogP contribution in [0.3, 0.4) is 0 Å². The third kappa shape index (κ3) is 3.38. The molecule has 0 spiro atoms. The second kappa shape index (κ2) is 5.37. The molecule has 0 aliphatic heterocycles. The van der Waals surface area contributed by atoms with Gasteiger partial charge in [-0.2, -0.15) is 0 Å². The van der Waals surface area contributed by atoms with E-state index in [0.717, 1.165) is 28.4 Å². The van der Waals surface area contributed by atoms with Gasteiger partial charge in [0.1, 0.15) is 17.3 Å². The number of anilines is 1. The molecule has 2 heterocycles. The molecule has 0 fully saturated rings. The molecule has 0 saturated heterocycles. The Morgan fingerprint density at radius 1 is 1.32 bits per heavy atom. The van der Waals surface area contributed by atoms with E-state index in [1.165, 1.54) is 5.56 Å². The Morgan fingerprint density at radius 3 is 2.63 bits per heavy atom. The van der Waals surface area contributed by atoms with Gasteiger partial charge in [-0.05, 0) is 53.5 Å². The summed E-state index contributed by atoms with van der Waals surface area (Å²) in [4.78, 5) is 4.35. The van der Waals surface area contributed by atoms with Crippen molar-refractivity contribution in [2.24, 2.45) is 0 Å². The van der Waals surface area contributed by atoms with Crippen LogP contribution in [0.25, 0.3) is 0 Å². The highest BCUT2D eigenvalue weighted by atomic mass is 79.9. The van der Waals surface area contributed by atoms with Crippen molar-refractivity contribution in [3.63, 3.8) is 0 Å². The standard InChI is InChI=1S/C15H19BrN2O/c1-10-7-14(17-8-12(10)16)18-9-15(3,4)13-6-5-11(2)19-13/h5-8H,9H2,1-4H3,(H,17,18). The fourth-order valence-corrected chi connectivity index (χ4v) is 2.05. The van der Waals surface area contributed by atoms with E-state index in [0.29, 0.717) is 0 Å². The van der Waals surface area contributed by atoms with Gasteiger partial charge >= 0.3 is 0 Å². The SMILES string of the molecule is Cc1ccc(C(C)(C)CNc2cc(C)c(Br)cn2)o1. The van der Waals surface area contributed by atoms with Crippen molar-refractivity contribution < 1.29 is 4.42 Å². The maximum Gasteiger partial charge on any atom is 0.126 e. The molecule has 0 aliphatic carbocycles. The van der Waals surface area contributed by atoms with Crippen molar-refractivity contribution in [2.75, 3.05) is 11.9 Å². The number of halogens is 1. The summed E-state index contributed by atoms with van der Waals surface area (Å²) in [5.41, 5.74) is 1.10. The van der Waals surface area contributed by atoms with Crippen LogP contribution in [0.4, 0.5) is 5.82 Å². The number of rotatable bonds is 4. The van der Waals surface area contributed by atoms with Crippen LogP contribution in [0.5, 0.6) is 0 Å². The van der Waals surface area contributed by atoms with Crippen LogP contribution in [0.1, 0.15) is 30.9 Å². The van der Waals surface area contributed by atoms with Gasteiger partial charge in [0, 0.05) is 22.6 Å². The number of hydrogen-bond donors (Lipinski definition) is 1. The van der Waals surface area contributed by atoms with Crippen molar-refractivity contribution in [3.05, 3.63) is 46.0 Å². The number of furan rings is 1. The van der Waals surface area contributed by atoms with E-state index in [4.69, 9.17) is 4.42 Å². The molecule has 19 heavy (non-hydrogen) atoms. The summed E-state index contributed by atoms with van der Waals surface area (Å²) < 4.78 is 6.74. The molecule has 2 aromatic heterocycles. The van der Waals surface area contributed by atoms with Gasteiger partial charge < -0.3 is 9.73 Å². The monoisotopic (exact) mass is 322 g/mol.